The van der Waals surface area contributed by atoms with Crippen LogP contribution in [0.3, 0.4) is 0 Å². The molecule has 7 nitrogen and oxygen atoms in total. The molecule has 7 heteroatoms. The van der Waals surface area contributed by atoms with Gasteiger partial charge in [-0.2, -0.15) is 0 Å². The quantitative estimate of drug-likeness (QED) is 0.854. The molecule has 0 bridgehead atoms. The summed E-state index contributed by atoms with van der Waals surface area (Å²) < 4.78 is 10.5. The van der Waals surface area contributed by atoms with Crippen molar-refractivity contribution in [3.8, 4) is 11.5 Å². The number of rotatable bonds is 4. The number of carbonyl (C=O) groups excluding carboxylic acids is 1. The molecular weight excluding hydrogens is 324 g/mol. The van der Waals surface area contributed by atoms with Crippen LogP contribution < -0.4 is 14.8 Å². The van der Waals surface area contributed by atoms with Gasteiger partial charge in [0.2, 0.25) is 0 Å². The predicted octanol–water partition coefficient (Wildman–Crippen LogP) is 1.37. The standard InChI is InChI=1S/C18H24N2O5/c1-24-13-7-12(8-14(9-13)25-2)16(21)20-5-3-18(4-6-20)10-15(17(22)23)19-11-18/h7-9,15,19H,3-6,10-11H2,1-2H3,(H,22,23)/t15-/m0/s1. The van der Waals surface area contributed by atoms with Gasteiger partial charge in [-0.25, -0.2) is 0 Å². The number of carbonyl (C=O) groups is 2. The maximum Gasteiger partial charge on any atom is 0.320 e. The Bertz CT molecular complexity index is 645. The van der Waals surface area contributed by atoms with Crippen LogP contribution in [0.1, 0.15) is 29.6 Å². The second-order valence-electron chi connectivity index (χ2n) is 6.87. The van der Waals surface area contributed by atoms with Crippen LogP contribution in [-0.2, 0) is 4.79 Å². The minimum Gasteiger partial charge on any atom is -0.497 e. The van der Waals surface area contributed by atoms with Crippen molar-refractivity contribution < 1.29 is 24.2 Å². The topological polar surface area (TPSA) is 88.1 Å². The monoisotopic (exact) mass is 348 g/mol. The average Bonchev–Trinajstić information content (AvgIpc) is 3.05. The molecule has 2 N–H and O–H groups in total. The zero-order valence-corrected chi connectivity index (χ0v) is 14.6. The van der Waals surface area contributed by atoms with Crippen LogP contribution in [0.15, 0.2) is 18.2 Å². The van der Waals surface area contributed by atoms with Gasteiger partial charge in [0.05, 0.1) is 14.2 Å². The van der Waals surface area contributed by atoms with Crippen LogP contribution >= 0.6 is 0 Å². The Balaban J connectivity index is 1.67. The lowest BCUT2D eigenvalue weighted by Gasteiger charge is -2.39. The third-order valence-electron chi connectivity index (χ3n) is 5.37. The number of carboxylic acid groups (broad SMARTS) is 1. The van der Waals surface area contributed by atoms with E-state index in [4.69, 9.17) is 14.6 Å². The molecule has 0 aromatic heterocycles. The minimum atomic E-state index is -0.793. The highest BCUT2D eigenvalue weighted by atomic mass is 16.5. The van der Waals surface area contributed by atoms with Crippen molar-refractivity contribution in [2.45, 2.75) is 25.3 Å². The molecule has 1 amide bonds. The number of hydrogen-bond donors (Lipinski definition) is 2. The summed E-state index contributed by atoms with van der Waals surface area (Å²) in [6.07, 6.45) is 2.27. The molecule has 1 aromatic carbocycles. The van der Waals surface area contributed by atoms with E-state index in [0.717, 1.165) is 12.8 Å². The minimum absolute atomic E-state index is 0.00803. The van der Waals surface area contributed by atoms with Gasteiger partial charge in [0, 0.05) is 31.3 Å². The van der Waals surface area contributed by atoms with Crippen molar-refractivity contribution >= 4 is 11.9 Å². The van der Waals surface area contributed by atoms with Crippen LogP contribution in [0.4, 0.5) is 0 Å². The molecule has 2 aliphatic heterocycles. The van der Waals surface area contributed by atoms with Crippen molar-refractivity contribution in [1.29, 1.82) is 0 Å². The Morgan fingerprint density at radius 3 is 2.24 bits per heavy atom. The second-order valence-corrected chi connectivity index (χ2v) is 6.87. The Morgan fingerprint density at radius 1 is 1.16 bits per heavy atom. The molecular formula is C18H24N2O5. The van der Waals surface area contributed by atoms with Crippen LogP contribution in [-0.4, -0.2) is 61.8 Å². The summed E-state index contributed by atoms with van der Waals surface area (Å²) in [5, 5.41) is 12.3. The van der Waals surface area contributed by atoms with Crippen LogP contribution in [0.25, 0.3) is 0 Å². The van der Waals surface area contributed by atoms with Gasteiger partial charge in [0.1, 0.15) is 17.5 Å². The van der Waals surface area contributed by atoms with E-state index in [0.29, 0.717) is 43.1 Å². The number of aliphatic carboxylic acids is 1. The average molecular weight is 348 g/mol. The molecule has 2 heterocycles. The number of likely N-dealkylation sites (tertiary alicyclic amines) is 1. The molecule has 136 valence electrons. The number of benzene rings is 1. The molecule has 2 fully saturated rings. The van der Waals surface area contributed by atoms with E-state index in [2.05, 4.69) is 5.32 Å². The predicted molar refractivity (Wildman–Crippen MR) is 91.2 cm³/mol. The number of carboxylic acids is 1. The van der Waals surface area contributed by atoms with Crippen LogP contribution in [0.5, 0.6) is 11.5 Å². The SMILES string of the molecule is COc1cc(OC)cc(C(=O)N2CCC3(CC2)CN[C@H](C(=O)O)C3)c1. The molecule has 2 saturated heterocycles. The number of amides is 1. The Morgan fingerprint density at radius 2 is 1.76 bits per heavy atom. The summed E-state index contributed by atoms with van der Waals surface area (Å²) in [6, 6.07) is 4.70. The molecule has 2 aliphatic rings. The number of ether oxygens (including phenoxy) is 2. The number of hydrogen-bond acceptors (Lipinski definition) is 5. The van der Waals surface area contributed by atoms with E-state index in [-0.39, 0.29) is 11.3 Å². The first-order valence-corrected chi connectivity index (χ1v) is 8.45. The van der Waals surface area contributed by atoms with Crippen LogP contribution in [0.2, 0.25) is 0 Å². The third kappa shape index (κ3) is 3.56. The molecule has 0 saturated carbocycles. The van der Waals surface area contributed by atoms with Gasteiger partial charge in [-0.3, -0.25) is 9.59 Å². The van der Waals surface area contributed by atoms with Crippen molar-refractivity contribution in [3.05, 3.63) is 23.8 Å². The van der Waals surface area contributed by atoms with Gasteiger partial charge in [-0.05, 0) is 36.8 Å². The Labute approximate surface area is 146 Å². The van der Waals surface area contributed by atoms with Crippen molar-refractivity contribution in [3.63, 3.8) is 0 Å². The fraction of sp³-hybridized carbons (Fsp3) is 0.556. The lowest BCUT2D eigenvalue weighted by atomic mass is 9.76. The summed E-state index contributed by atoms with van der Waals surface area (Å²) in [7, 11) is 3.11. The fourth-order valence-electron chi connectivity index (χ4n) is 3.77. The fourth-order valence-corrected chi connectivity index (χ4v) is 3.77. The lowest BCUT2D eigenvalue weighted by molar-refractivity contribution is -0.139. The highest BCUT2D eigenvalue weighted by molar-refractivity contribution is 5.95. The van der Waals surface area contributed by atoms with Crippen molar-refractivity contribution in [1.82, 2.24) is 10.2 Å². The molecule has 1 spiro atoms. The van der Waals surface area contributed by atoms with Crippen LogP contribution in [0, 0.1) is 5.41 Å². The highest BCUT2D eigenvalue weighted by Gasteiger charge is 2.44. The summed E-state index contributed by atoms with van der Waals surface area (Å²) in [6.45, 7) is 1.97. The Hall–Kier alpha value is -2.28. The maximum absolute atomic E-state index is 12.8. The van der Waals surface area contributed by atoms with Crippen molar-refractivity contribution in [2.75, 3.05) is 33.9 Å². The van der Waals surface area contributed by atoms with Crippen molar-refractivity contribution in [2.24, 2.45) is 5.41 Å². The lowest BCUT2D eigenvalue weighted by Crippen LogP contribution is -2.44. The third-order valence-corrected chi connectivity index (χ3v) is 5.37. The number of piperidine rings is 1. The molecule has 1 atom stereocenters. The molecule has 0 unspecified atom stereocenters. The van der Waals surface area contributed by atoms with Gasteiger partial charge in [-0.15, -0.1) is 0 Å². The summed E-state index contributed by atoms with van der Waals surface area (Å²) in [5.41, 5.74) is 0.534. The van der Waals surface area contributed by atoms with E-state index in [1.54, 1.807) is 32.4 Å². The zero-order chi connectivity index (χ0) is 18.0. The highest BCUT2D eigenvalue weighted by Crippen LogP contribution is 2.39. The molecule has 0 aliphatic carbocycles. The van der Waals surface area contributed by atoms with E-state index in [1.165, 1.54) is 0 Å². The van der Waals surface area contributed by atoms with E-state index >= 15 is 0 Å². The normalized spacial score (nSPS) is 22.0. The molecule has 3 rings (SSSR count). The first-order valence-electron chi connectivity index (χ1n) is 8.45. The first kappa shape index (κ1) is 17.5. The van der Waals surface area contributed by atoms with Gasteiger partial charge >= 0.3 is 5.97 Å². The zero-order valence-electron chi connectivity index (χ0n) is 14.6. The summed E-state index contributed by atoms with van der Waals surface area (Å²) in [5.74, 6) is 0.326. The number of nitrogens with zero attached hydrogens (tertiary/aromatic N) is 1. The van der Waals surface area contributed by atoms with Gasteiger partial charge in [0.25, 0.3) is 5.91 Å². The number of methoxy groups -OCH3 is 2. The summed E-state index contributed by atoms with van der Waals surface area (Å²) >= 11 is 0. The molecule has 1 aromatic rings. The molecule has 0 radical (unpaired) electrons. The van der Waals surface area contributed by atoms with Gasteiger partial charge in [-0.1, -0.05) is 0 Å². The van der Waals surface area contributed by atoms with E-state index in [9.17, 15) is 9.59 Å². The molecule has 25 heavy (non-hydrogen) atoms. The smallest absolute Gasteiger partial charge is 0.320 e. The second kappa shape index (κ2) is 6.92. The maximum atomic E-state index is 12.8. The largest absolute Gasteiger partial charge is 0.497 e. The summed E-state index contributed by atoms with van der Waals surface area (Å²) in [4.78, 5) is 25.8. The van der Waals surface area contributed by atoms with Gasteiger partial charge in [0.15, 0.2) is 0 Å². The van der Waals surface area contributed by atoms with E-state index in [1.807, 2.05) is 4.90 Å². The number of nitrogens with one attached hydrogen (secondary N) is 1. The first-order chi connectivity index (χ1) is 12.0. The van der Waals surface area contributed by atoms with Gasteiger partial charge < -0.3 is 24.8 Å². The Kier molecular flexibility index (Phi) is 4.85. The van der Waals surface area contributed by atoms with E-state index < -0.39 is 12.0 Å².